The highest BCUT2D eigenvalue weighted by atomic mass is 32.2. The van der Waals surface area contributed by atoms with E-state index >= 15 is 0 Å². The van der Waals surface area contributed by atoms with Crippen LogP contribution in [0, 0.1) is 5.92 Å². The minimum absolute atomic E-state index is 0.165. The summed E-state index contributed by atoms with van der Waals surface area (Å²) in [4.78, 5) is 30.6. The van der Waals surface area contributed by atoms with Gasteiger partial charge in [0, 0.05) is 62.8 Å². The van der Waals surface area contributed by atoms with E-state index in [1.54, 1.807) is 0 Å². The van der Waals surface area contributed by atoms with Crippen molar-refractivity contribution in [3.63, 3.8) is 0 Å². The van der Waals surface area contributed by atoms with Gasteiger partial charge in [-0.2, -0.15) is 11.8 Å². The summed E-state index contributed by atoms with van der Waals surface area (Å²) in [6.45, 7) is 4.21. The van der Waals surface area contributed by atoms with Gasteiger partial charge in [0.15, 0.2) is 0 Å². The molecule has 130 valence electrons. The van der Waals surface area contributed by atoms with Crippen LogP contribution in [0.5, 0.6) is 0 Å². The SMILES string of the molecule is O=C(CN1CCSC[C@H]1CCO)N1CCN(C(=O)C2CC2)CC1. The molecule has 2 heterocycles. The molecule has 23 heavy (non-hydrogen) atoms. The van der Waals surface area contributed by atoms with Gasteiger partial charge in [-0.15, -0.1) is 0 Å². The average Bonchev–Trinajstić information content (AvgIpc) is 3.41. The first-order chi connectivity index (χ1) is 11.2. The van der Waals surface area contributed by atoms with Crippen LogP contribution in [-0.4, -0.2) is 95.0 Å². The smallest absolute Gasteiger partial charge is 0.236 e. The number of piperazine rings is 1. The maximum Gasteiger partial charge on any atom is 0.236 e. The summed E-state index contributed by atoms with van der Waals surface area (Å²) in [7, 11) is 0. The van der Waals surface area contributed by atoms with Crippen LogP contribution >= 0.6 is 11.8 Å². The molecule has 0 aromatic rings. The van der Waals surface area contributed by atoms with Gasteiger partial charge in [-0.05, 0) is 19.3 Å². The third kappa shape index (κ3) is 4.39. The number of aliphatic hydroxyl groups excluding tert-OH is 1. The molecule has 0 aromatic heterocycles. The molecule has 2 amide bonds. The normalized spacial score (nSPS) is 26.4. The van der Waals surface area contributed by atoms with E-state index in [1.165, 1.54) is 0 Å². The van der Waals surface area contributed by atoms with Crippen molar-refractivity contribution < 1.29 is 14.7 Å². The fourth-order valence-electron chi connectivity index (χ4n) is 3.35. The molecule has 1 aliphatic carbocycles. The summed E-state index contributed by atoms with van der Waals surface area (Å²) in [5.41, 5.74) is 0. The summed E-state index contributed by atoms with van der Waals surface area (Å²) in [6.07, 6.45) is 2.82. The van der Waals surface area contributed by atoms with Gasteiger partial charge in [-0.3, -0.25) is 14.5 Å². The topological polar surface area (TPSA) is 64.1 Å². The van der Waals surface area contributed by atoms with Gasteiger partial charge in [0.25, 0.3) is 0 Å². The number of rotatable bonds is 5. The summed E-state index contributed by atoms with van der Waals surface area (Å²) < 4.78 is 0. The fourth-order valence-corrected chi connectivity index (χ4v) is 4.53. The van der Waals surface area contributed by atoms with Gasteiger partial charge in [0.05, 0.1) is 6.54 Å². The molecule has 3 fully saturated rings. The summed E-state index contributed by atoms with van der Waals surface area (Å²) >= 11 is 1.90. The highest BCUT2D eigenvalue weighted by Gasteiger charge is 2.35. The number of carbonyl (C=O) groups is 2. The maximum absolute atomic E-state index is 12.6. The number of amides is 2. The van der Waals surface area contributed by atoms with E-state index in [2.05, 4.69) is 4.90 Å². The third-order valence-corrected chi connectivity index (χ3v) is 6.11. The van der Waals surface area contributed by atoms with Gasteiger partial charge >= 0.3 is 0 Å². The first-order valence-electron chi connectivity index (χ1n) is 8.68. The Morgan fingerprint density at radius 1 is 1.04 bits per heavy atom. The van der Waals surface area contributed by atoms with Gasteiger partial charge in [0.2, 0.25) is 11.8 Å². The zero-order chi connectivity index (χ0) is 16.2. The summed E-state index contributed by atoms with van der Waals surface area (Å²) in [5, 5.41) is 9.18. The van der Waals surface area contributed by atoms with Crippen LogP contribution in [0.3, 0.4) is 0 Å². The number of aliphatic hydroxyl groups is 1. The Bertz CT molecular complexity index is 434. The van der Waals surface area contributed by atoms with Crippen molar-refractivity contribution in [1.82, 2.24) is 14.7 Å². The predicted molar refractivity (Wildman–Crippen MR) is 90.3 cm³/mol. The Kier molecular flexibility index (Phi) is 5.82. The molecule has 2 saturated heterocycles. The van der Waals surface area contributed by atoms with E-state index < -0.39 is 0 Å². The Balaban J connectivity index is 1.46. The lowest BCUT2D eigenvalue weighted by molar-refractivity contribution is -0.141. The van der Waals surface area contributed by atoms with Crippen LogP contribution < -0.4 is 0 Å². The molecule has 1 saturated carbocycles. The molecule has 3 rings (SSSR count). The van der Waals surface area contributed by atoms with Crippen molar-refractivity contribution in [3.8, 4) is 0 Å². The molecule has 6 nitrogen and oxygen atoms in total. The van der Waals surface area contributed by atoms with Crippen LogP contribution in [0.4, 0.5) is 0 Å². The summed E-state index contributed by atoms with van der Waals surface area (Å²) in [6, 6.07) is 0.306. The zero-order valence-corrected chi connectivity index (χ0v) is 14.5. The first kappa shape index (κ1) is 17.0. The summed E-state index contributed by atoms with van der Waals surface area (Å²) in [5.74, 6) is 2.77. The molecular formula is C16H27N3O3S. The first-order valence-corrected chi connectivity index (χ1v) is 9.83. The van der Waals surface area contributed by atoms with Gasteiger partial charge in [0.1, 0.15) is 0 Å². The number of carbonyl (C=O) groups excluding carboxylic acids is 2. The van der Waals surface area contributed by atoms with Crippen molar-refractivity contribution in [2.24, 2.45) is 5.92 Å². The van der Waals surface area contributed by atoms with Crippen LogP contribution in [0.25, 0.3) is 0 Å². The van der Waals surface area contributed by atoms with E-state index in [4.69, 9.17) is 0 Å². The molecule has 0 radical (unpaired) electrons. The van der Waals surface area contributed by atoms with E-state index in [0.717, 1.165) is 37.3 Å². The zero-order valence-electron chi connectivity index (χ0n) is 13.7. The van der Waals surface area contributed by atoms with Crippen molar-refractivity contribution in [1.29, 1.82) is 0 Å². The Morgan fingerprint density at radius 2 is 1.74 bits per heavy atom. The molecule has 0 aromatic carbocycles. The molecule has 0 spiro atoms. The fraction of sp³-hybridized carbons (Fsp3) is 0.875. The van der Waals surface area contributed by atoms with Crippen LogP contribution in [-0.2, 0) is 9.59 Å². The van der Waals surface area contributed by atoms with Crippen molar-refractivity contribution in [3.05, 3.63) is 0 Å². The largest absolute Gasteiger partial charge is 0.396 e. The average molecular weight is 341 g/mol. The van der Waals surface area contributed by atoms with Gasteiger partial charge < -0.3 is 14.9 Å². The highest BCUT2D eigenvalue weighted by Crippen LogP contribution is 2.31. The van der Waals surface area contributed by atoms with Crippen LogP contribution in [0.1, 0.15) is 19.3 Å². The van der Waals surface area contributed by atoms with Gasteiger partial charge in [-0.1, -0.05) is 0 Å². The second-order valence-electron chi connectivity index (χ2n) is 6.69. The lowest BCUT2D eigenvalue weighted by Gasteiger charge is -2.38. The highest BCUT2D eigenvalue weighted by molar-refractivity contribution is 7.99. The van der Waals surface area contributed by atoms with Crippen LogP contribution in [0.2, 0.25) is 0 Å². The Morgan fingerprint density at radius 3 is 2.39 bits per heavy atom. The molecule has 1 atom stereocenters. The number of hydrogen-bond acceptors (Lipinski definition) is 5. The van der Waals surface area contributed by atoms with E-state index in [9.17, 15) is 14.7 Å². The molecule has 0 unspecified atom stereocenters. The van der Waals surface area contributed by atoms with E-state index in [1.807, 2.05) is 21.6 Å². The van der Waals surface area contributed by atoms with Crippen molar-refractivity contribution in [2.75, 3.05) is 57.4 Å². The molecular weight excluding hydrogens is 314 g/mol. The minimum Gasteiger partial charge on any atom is -0.396 e. The molecule has 2 aliphatic heterocycles. The second-order valence-corrected chi connectivity index (χ2v) is 7.84. The molecule has 7 heteroatoms. The monoisotopic (exact) mass is 341 g/mol. The number of thioether (sulfide) groups is 1. The third-order valence-electron chi connectivity index (χ3n) is 5.02. The lowest BCUT2D eigenvalue weighted by atomic mass is 10.2. The predicted octanol–water partition coefficient (Wildman–Crippen LogP) is -0.133. The standard InChI is InChI=1S/C16H27N3O3S/c20-9-3-14-12-23-10-8-19(14)11-15(21)17-4-6-18(7-5-17)16(22)13-1-2-13/h13-14,20H,1-12H2/t14-/m1/s1. The Hall–Kier alpha value is -0.790. The molecule has 3 aliphatic rings. The van der Waals surface area contributed by atoms with Gasteiger partial charge in [-0.25, -0.2) is 0 Å². The second kappa shape index (κ2) is 7.85. The number of nitrogens with zero attached hydrogens (tertiary/aromatic N) is 3. The number of hydrogen-bond donors (Lipinski definition) is 1. The van der Waals surface area contributed by atoms with Crippen molar-refractivity contribution >= 4 is 23.6 Å². The maximum atomic E-state index is 12.6. The molecule has 0 bridgehead atoms. The Labute approximate surface area is 142 Å². The van der Waals surface area contributed by atoms with E-state index in [-0.39, 0.29) is 24.3 Å². The quantitative estimate of drug-likeness (QED) is 0.755. The van der Waals surface area contributed by atoms with Crippen LogP contribution in [0.15, 0.2) is 0 Å². The van der Waals surface area contributed by atoms with E-state index in [0.29, 0.717) is 38.8 Å². The lowest BCUT2D eigenvalue weighted by Crippen LogP contribution is -2.54. The van der Waals surface area contributed by atoms with Crippen molar-refractivity contribution in [2.45, 2.75) is 25.3 Å². The minimum atomic E-state index is 0.165. The molecule has 1 N–H and O–H groups in total.